The van der Waals surface area contributed by atoms with Crippen LogP contribution in [0, 0.1) is 0 Å². The summed E-state index contributed by atoms with van der Waals surface area (Å²) in [6.45, 7) is 10.7. The molecular formula is C32H40N8O3. The first kappa shape index (κ1) is 30.1. The van der Waals surface area contributed by atoms with E-state index in [1.807, 2.05) is 31.2 Å². The van der Waals surface area contributed by atoms with Crippen LogP contribution in [0.3, 0.4) is 0 Å². The number of anilines is 5. The van der Waals surface area contributed by atoms with Crippen LogP contribution in [0.4, 0.5) is 29.0 Å². The Balaban J connectivity index is 1.30. The average molecular weight is 585 g/mol. The second-order valence-corrected chi connectivity index (χ2v) is 11.0. The molecule has 0 radical (unpaired) electrons. The maximum Gasteiger partial charge on any atom is 0.256 e. The molecule has 3 aromatic rings. The van der Waals surface area contributed by atoms with Gasteiger partial charge in [0.25, 0.3) is 5.91 Å². The minimum atomic E-state index is -0.952. The van der Waals surface area contributed by atoms with Gasteiger partial charge in [-0.3, -0.25) is 9.69 Å². The molecule has 0 saturated carbocycles. The summed E-state index contributed by atoms with van der Waals surface area (Å²) >= 11 is 0. The van der Waals surface area contributed by atoms with E-state index < -0.39 is 5.60 Å². The Morgan fingerprint density at radius 3 is 2.60 bits per heavy atom. The highest BCUT2D eigenvalue weighted by atomic mass is 16.3. The standard InChI is InChI=1S/C32H40N8O3/c1-3-15-33-30(42)26-22-34-31(38-29(26)37-27-12-7-23-13-14-32(43,4-2)28(23)36-27)35-24-8-10-25(11-9-24)40-19-17-39(18-20-40)16-5-6-21-41/h3,7-12,21-22,43H,1,4-6,13-20H2,2H3,(H,33,42)(H2,34,35,36,37,38)/t32-/m1/s1. The van der Waals surface area contributed by atoms with E-state index in [0.29, 0.717) is 49.1 Å². The summed E-state index contributed by atoms with van der Waals surface area (Å²) in [5.41, 5.74) is 2.97. The molecule has 2 aromatic heterocycles. The molecule has 1 saturated heterocycles. The van der Waals surface area contributed by atoms with Crippen LogP contribution < -0.4 is 20.9 Å². The van der Waals surface area contributed by atoms with Crippen molar-refractivity contribution in [2.24, 2.45) is 0 Å². The molecule has 1 aliphatic carbocycles. The van der Waals surface area contributed by atoms with Gasteiger partial charge < -0.3 is 30.8 Å². The second-order valence-electron chi connectivity index (χ2n) is 11.0. The fraction of sp³-hybridized carbons (Fsp3) is 0.406. The zero-order valence-electron chi connectivity index (χ0n) is 24.7. The Morgan fingerprint density at radius 2 is 1.88 bits per heavy atom. The van der Waals surface area contributed by atoms with Crippen molar-refractivity contribution in [2.45, 2.75) is 44.6 Å². The lowest BCUT2D eigenvalue weighted by molar-refractivity contribution is -0.108. The van der Waals surface area contributed by atoms with Crippen molar-refractivity contribution < 1.29 is 14.7 Å². The Bertz CT molecular complexity index is 1440. The van der Waals surface area contributed by atoms with Crippen molar-refractivity contribution in [3.63, 3.8) is 0 Å². The number of benzene rings is 1. The first-order valence-corrected chi connectivity index (χ1v) is 15.0. The number of piperazine rings is 1. The van der Waals surface area contributed by atoms with E-state index in [9.17, 15) is 14.7 Å². The first-order valence-electron chi connectivity index (χ1n) is 15.0. The Hall–Kier alpha value is -4.35. The van der Waals surface area contributed by atoms with Crippen LogP contribution in [-0.2, 0) is 16.8 Å². The number of aldehydes is 1. The van der Waals surface area contributed by atoms with Crippen LogP contribution in [0.1, 0.15) is 54.2 Å². The van der Waals surface area contributed by atoms with E-state index in [1.165, 1.54) is 6.20 Å². The molecular weight excluding hydrogens is 544 g/mol. The van der Waals surface area contributed by atoms with Crippen molar-refractivity contribution in [3.05, 3.63) is 72.1 Å². The van der Waals surface area contributed by atoms with E-state index >= 15 is 0 Å². The molecule has 43 heavy (non-hydrogen) atoms. The number of nitrogens with one attached hydrogen (secondary N) is 3. The zero-order valence-corrected chi connectivity index (χ0v) is 24.7. The number of unbranched alkanes of at least 4 members (excludes halogenated alkanes) is 1. The van der Waals surface area contributed by atoms with Crippen molar-refractivity contribution in [2.75, 3.05) is 54.8 Å². The number of carbonyl (C=O) groups excluding carboxylic acids is 2. The largest absolute Gasteiger partial charge is 0.384 e. The number of fused-ring (bicyclic) bond motifs is 1. The molecule has 1 amide bonds. The summed E-state index contributed by atoms with van der Waals surface area (Å²) in [6.07, 6.45) is 7.60. The third-order valence-electron chi connectivity index (χ3n) is 8.16. The lowest BCUT2D eigenvalue weighted by Crippen LogP contribution is -2.46. The van der Waals surface area contributed by atoms with Gasteiger partial charge in [0.05, 0.1) is 5.69 Å². The van der Waals surface area contributed by atoms with Crippen LogP contribution in [0.25, 0.3) is 0 Å². The number of pyridine rings is 1. The molecule has 3 heterocycles. The quantitative estimate of drug-likeness (QED) is 0.133. The molecule has 0 spiro atoms. The van der Waals surface area contributed by atoms with Crippen LogP contribution in [0.15, 0.2) is 55.3 Å². The number of amides is 1. The maximum absolute atomic E-state index is 12.9. The van der Waals surface area contributed by atoms with Gasteiger partial charge in [-0.2, -0.15) is 4.98 Å². The predicted octanol–water partition coefficient (Wildman–Crippen LogP) is 3.92. The lowest BCUT2D eigenvalue weighted by atomic mass is 9.98. The molecule has 11 heteroatoms. The highest BCUT2D eigenvalue weighted by molar-refractivity contribution is 5.99. The molecule has 1 aliphatic heterocycles. The molecule has 0 unspecified atom stereocenters. The third kappa shape index (κ3) is 7.18. The molecule has 226 valence electrons. The van der Waals surface area contributed by atoms with Crippen LogP contribution >= 0.6 is 0 Å². The van der Waals surface area contributed by atoms with Crippen LogP contribution in [0.2, 0.25) is 0 Å². The van der Waals surface area contributed by atoms with Crippen molar-refractivity contribution >= 4 is 41.2 Å². The van der Waals surface area contributed by atoms with Gasteiger partial charge in [0.1, 0.15) is 29.1 Å². The minimum absolute atomic E-state index is 0.265. The summed E-state index contributed by atoms with van der Waals surface area (Å²) in [5.74, 6) is 0.773. The highest BCUT2D eigenvalue weighted by Gasteiger charge is 2.36. The Morgan fingerprint density at radius 1 is 1.09 bits per heavy atom. The number of aryl methyl sites for hydroxylation is 1. The Labute approximate surface area is 252 Å². The van der Waals surface area contributed by atoms with Crippen molar-refractivity contribution in [3.8, 4) is 0 Å². The topological polar surface area (TPSA) is 136 Å². The predicted molar refractivity (Wildman–Crippen MR) is 168 cm³/mol. The average Bonchev–Trinajstić information content (AvgIpc) is 3.37. The molecule has 1 fully saturated rings. The molecule has 4 N–H and O–H groups in total. The summed E-state index contributed by atoms with van der Waals surface area (Å²) in [6, 6.07) is 11.9. The van der Waals surface area contributed by atoms with Crippen LogP contribution in [0.5, 0.6) is 0 Å². The maximum atomic E-state index is 12.9. The fourth-order valence-corrected chi connectivity index (χ4v) is 5.56. The SMILES string of the molecule is C=CCNC(=O)c1cnc(Nc2ccc(N3CCN(CCCC=O)CC3)cc2)nc1Nc1ccc2c(n1)[C@@](O)(CC)CC2. The van der Waals surface area contributed by atoms with Gasteiger partial charge in [-0.25, -0.2) is 9.97 Å². The molecule has 1 atom stereocenters. The summed E-state index contributed by atoms with van der Waals surface area (Å²) in [5, 5.41) is 20.2. The first-order chi connectivity index (χ1) is 20.9. The van der Waals surface area contributed by atoms with Gasteiger partial charge in [0.15, 0.2) is 0 Å². The van der Waals surface area contributed by atoms with Crippen molar-refractivity contribution in [1.82, 2.24) is 25.2 Å². The van der Waals surface area contributed by atoms with Gasteiger partial charge in [0, 0.05) is 56.7 Å². The number of carbonyl (C=O) groups is 2. The summed E-state index contributed by atoms with van der Waals surface area (Å²) in [4.78, 5) is 42.0. The Kier molecular flexibility index (Phi) is 9.63. The van der Waals surface area contributed by atoms with Crippen LogP contribution in [-0.4, -0.2) is 76.4 Å². The number of aliphatic hydroxyl groups is 1. The van der Waals surface area contributed by atoms with E-state index in [0.717, 1.165) is 68.8 Å². The molecule has 11 nitrogen and oxygen atoms in total. The zero-order chi connectivity index (χ0) is 30.2. The van der Waals surface area contributed by atoms with E-state index in [4.69, 9.17) is 4.98 Å². The molecule has 0 bridgehead atoms. The smallest absolute Gasteiger partial charge is 0.256 e. The summed E-state index contributed by atoms with van der Waals surface area (Å²) < 4.78 is 0. The number of hydrogen-bond acceptors (Lipinski definition) is 10. The summed E-state index contributed by atoms with van der Waals surface area (Å²) in [7, 11) is 0. The normalized spacial score (nSPS) is 18.1. The fourth-order valence-electron chi connectivity index (χ4n) is 5.56. The number of nitrogens with zero attached hydrogens (tertiary/aromatic N) is 5. The number of aromatic nitrogens is 3. The van der Waals surface area contributed by atoms with Gasteiger partial charge in [-0.05, 0) is 68.1 Å². The number of hydrogen-bond donors (Lipinski definition) is 4. The van der Waals surface area contributed by atoms with Gasteiger partial charge in [-0.15, -0.1) is 6.58 Å². The lowest BCUT2D eigenvalue weighted by Gasteiger charge is -2.36. The number of rotatable bonds is 13. The van der Waals surface area contributed by atoms with Crippen molar-refractivity contribution in [1.29, 1.82) is 0 Å². The van der Waals surface area contributed by atoms with E-state index in [2.05, 4.69) is 54.4 Å². The highest BCUT2D eigenvalue weighted by Crippen LogP contribution is 2.39. The minimum Gasteiger partial charge on any atom is -0.384 e. The van der Waals surface area contributed by atoms with Gasteiger partial charge in [0.2, 0.25) is 5.95 Å². The van der Waals surface area contributed by atoms with E-state index in [-0.39, 0.29) is 11.5 Å². The van der Waals surface area contributed by atoms with Gasteiger partial charge in [-0.1, -0.05) is 19.1 Å². The second kappa shape index (κ2) is 13.7. The molecule has 2 aliphatic rings. The molecule has 1 aromatic carbocycles. The molecule has 5 rings (SSSR count). The third-order valence-corrected chi connectivity index (χ3v) is 8.16. The van der Waals surface area contributed by atoms with E-state index in [1.54, 1.807) is 6.08 Å². The van der Waals surface area contributed by atoms with Gasteiger partial charge >= 0.3 is 0 Å². The monoisotopic (exact) mass is 584 g/mol.